The first-order valence-corrected chi connectivity index (χ1v) is 9.13. The van der Waals surface area contributed by atoms with Crippen molar-refractivity contribution in [2.75, 3.05) is 5.75 Å². The molecule has 1 aliphatic rings. The number of rotatable bonds is 6. The van der Waals surface area contributed by atoms with Crippen LogP contribution in [0.3, 0.4) is 0 Å². The third kappa shape index (κ3) is 3.49. The van der Waals surface area contributed by atoms with Crippen LogP contribution in [0.25, 0.3) is 5.69 Å². The van der Waals surface area contributed by atoms with Gasteiger partial charge in [-0.1, -0.05) is 30.0 Å². The van der Waals surface area contributed by atoms with Gasteiger partial charge in [0.1, 0.15) is 11.6 Å². The average molecular weight is 353 g/mol. The number of carbonyl (C=O) groups is 1. The molecule has 0 saturated heterocycles. The zero-order chi connectivity index (χ0) is 17.2. The first-order chi connectivity index (χ1) is 12.2. The van der Waals surface area contributed by atoms with E-state index in [-0.39, 0.29) is 17.4 Å². The van der Waals surface area contributed by atoms with Crippen molar-refractivity contribution in [2.24, 2.45) is 0 Å². The highest BCUT2D eigenvalue weighted by Gasteiger charge is 2.31. The minimum absolute atomic E-state index is 0.0550. The molecule has 4 rings (SSSR count). The Morgan fingerprint density at radius 1 is 1.08 bits per heavy atom. The fourth-order valence-electron chi connectivity index (χ4n) is 2.65. The maximum Gasteiger partial charge on any atom is 0.196 e. The molecule has 25 heavy (non-hydrogen) atoms. The van der Waals surface area contributed by atoms with Gasteiger partial charge in [0, 0.05) is 17.2 Å². The topological polar surface area (TPSA) is 47.8 Å². The van der Waals surface area contributed by atoms with Gasteiger partial charge in [0.05, 0.1) is 5.75 Å². The Kier molecular flexibility index (Phi) is 4.36. The molecular weight excluding hydrogens is 337 g/mol. The number of hydrogen-bond donors (Lipinski definition) is 0. The van der Waals surface area contributed by atoms with Gasteiger partial charge in [-0.3, -0.25) is 9.36 Å². The lowest BCUT2D eigenvalue weighted by Gasteiger charge is -2.09. The summed E-state index contributed by atoms with van der Waals surface area (Å²) in [6, 6.07) is 15.6. The second-order valence-corrected chi connectivity index (χ2v) is 6.95. The van der Waals surface area contributed by atoms with Crippen LogP contribution in [0.5, 0.6) is 0 Å². The Hall–Kier alpha value is -2.47. The predicted molar refractivity (Wildman–Crippen MR) is 94.8 cm³/mol. The van der Waals surface area contributed by atoms with Crippen molar-refractivity contribution in [2.45, 2.75) is 23.9 Å². The molecule has 1 aromatic heterocycles. The van der Waals surface area contributed by atoms with Crippen molar-refractivity contribution in [1.82, 2.24) is 14.8 Å². The van der Waals surface area contributed by atoms with Gasteiger partial charge in [-0.2, -0.15) is 0 Å². The van der Waals surface area contributed by atoms with Crippen molar-refractivity contribution in [3.63, 3.8) is 0 Å². The van der Waals surface area contributed by atoms with Crippen LogP contribution in [-0.2, 0) is 0 Å². The van der Waals surface area contributed by atoms with Gasteiger partial charge in [0.25, 0.3) is 0 Å². The van der Waals surface area contributed by atoms with Gasteiger partial charge < -0.3 is 0 Å². The third-order valence-electron chi connectivity index (χ3n) is 4.11. The Balaban J connectivity index is 1.56. The lowest BCUT2D eigenvalue weighted by Crippen LogP contribution is -2.05. The van der Waals surface area contributed by atoms with Crippen molar-refractivity contribution in [3.8, 4) is 5.69 Å². The number of nitrogens with zero attached hydrogens (tertiary/aromatic N) is 3. The number of thioether (sulfide) groups is 1. The number of aromatic nitrogens is 3. The number of carbonyl (C=O) groups excluding carboxylic acids is 1. The van der Waals surface area contributed by atoms with Crippen molar-refractivity contribution >= 4 is 17.5 Å². The third-order valence-corrected chi connectivity index (χ3v) is 5.04. The molecule has 4 nitrogen and oxygen atoms in total. The average Bonchev–Trinajstić information content (AvgIpc) is 3.40. The predicted octanol–water partition coefficient (Wildman–Crippen LogP) is 4.26. The largest absolute Gasteiger partial charge is 0.293 e. The summed E-state index contributed by atoms with van der Waals surface area (Å²) in [6.07, 6.45) is 2.26. The van der Waals surface area contributed by atoms with E-state index in [4.69, 9.17) is 0 Å². The smallest absolute Gasteiger partial charge is 0.196 e. The Morgan fingerprint density at radius 2 is 1.80 bits per heavy atom. The molecule has 0 amide bonds. The number of Topliss-reactive ketones (excluding diaryl/α,β-unsaturated/α-hetero) is 1. The molecule has 0 aliphatic heterocycles. The van der Waals surface area contributed by atoms with Crippen LogP contribution in [0.2, 0.25) is 0 Å². The van der Waals surface area contributed by atoms with E-state index in [9.17, 15) is 9.18 Å². The minimum atomic E-state index is -0.345. The first kappa shape index (κ1) is 16.0. The van der Waals surface area contributed by atoms with Crippen molar-refractivity contribution < 1.29 is 9.18 Å². The minimum Gasteiger partial charge on any atom is -0.293 e. The Morgan fingerprint density at radius 3 is 2.48 bits per heavy atom. The van der Waals surface area contributed by atoms with E-state index in [0.717, 1.165) is 24.4 Å². The quantitative estimate of drug-likeness (QED) is 0.491. The number of benzene rings is 2. The van der Waals surface area contributed by atoms with Gasteiger partial charge in [-0.25, -0.2) is 4.39 Å². The van der Waals surface area contributed by atoms with E-state index in [1.165, 1.54) is 36.0 Å². The summed E-state index contributed by atoms with van der Waals surface area (Å²) in [5, 5.41) is 9.36. The normalized spacial score (nSPS) is 13.8. The molecule has 3 aromatic rings. The van der Waals surface area contributed by atoms with Gasteiger partial charge in [-0.15, -0.1) is 10.2 Å². The number of ketones is 1. The second-order valence-electron chi connectivity index (χ2n) is 6.00. The van der Waals surface area contributed by atoms with Gasteiger partial charge in [0.2, 0.25) is 0 Å². The van der Waals surface area contributed by atoms with E-state index in [1.54, 1.807) is 0 Å². The summed E-state index contributed by atoms with van der Waals surface area (Å²) >= 11 is 1.36. The fraction of sp³-hybridized carbons (Fsp3) is 0.211. The maximum absolute atomic E-state index is 13.0. The molecule has 1 fully saturated rings. The van der Waals surface area contributed by atoms with Crippen molar-refractivity contribution in [1.29, 1.82) is 0 Å². The monoisotopic (exact) mass is 353 g/mol. The van der Waals surface area contributed by atoms with Crippen LogP contribution in [0.15, 0.2) is 59.8 Å². The summed E-state index contributed by atoms with van der Waals surface area (Å²) in [7, 11) is 0. The SMILES string of the molecule is O=C(CSc1nnc(C2CC2)n1-c1ccccc1)c1ccc(F)cc1. The summed E-state index contributed by atoms with van der Waals surface area (Å²) in [6.45, 7) is 0. The van der Waals surface area contributed by atoms with Gasteiger partial charge in [0.15, 0.2) is 10.9 Å². The molecule has 0 spiro atoms. The van der Waals surface area contributed by atoms with E-state index < -0.39 is 0 Å². The molecule has 0 N–H and O–H groups in total. The first-order valence-electron chi connectivity index (χ1n) is 8.14. The van der Waals surface area contributed by atoms with Gasteiger partial charge >= 0.3 is 0 Å². The molecule has 0 atom stereocenters. The summed E-state index contributed by atoms with van der Waals surface area (Å²) < 4.78 is 15.0. The van der Waals surface area contributed by atoms with E-state index in [0.29, 0.717) is 16.6 Å². The molecule has 6 heteroatoms. The highest BCUT2D eigenvalue weighted by atomic mass is 32.2. The zero-order valence-corrected chi connectivity index (χ0v) is 14.2. The van der Waals surface area contributed by atoms with Crippen LogP contribution in [-0.4, -0.2) is 26.3 Å². The van der Waals surface area contributed by atoms with Crippen LogP contribution in [0.4, 0.5) is 4.39 Å². The molecule has 1 aliphatic carbocycles. The Bertz CT molecular complexity index is 889. The van der Waals surface area contributed by atoms with E-state index in [1.807, 2.05) is 34.9 Å². The molecule has 0 bridgehead atoms. The molecule has 1 heterocycles. The summed E-state index contributed by atoms with van der Waals surface area (Å²) in [4.78, 5) is 12.3. The summed E-state index contributed by atoms with van der Waals surface area (Å²) in [5.41, 5.74) is 1.51. The highest BCUT2D eigenvalue weighted by Crippen LogP contribution is 2.41. The van der Waals surface area contributed by atoms with Gasteiger partial charge in [-0.05, 0) is 49.2 Å². The number of halogens is 1. The molecule has 0 radical (unpaired) electrons. The second kappa shape index (κ2) is 6.80. The standard InChI is InChI=1S/C19H16FN3OS/c20-15-10-8-13(9-11-15)17(24)12-25-19-22-21-18(14-6-7-14)23(19)16-4-2-1-3-5-16/h1-5,8-11,14H,6-7,12H2. The number of para-hydroxylation sites is 1. The molecule has 126 valence electrons. The van der Waals surface area contributed by atoms with E-state index >= 15 is 0 Å². The van der Waals surface area contributed by atoms with Crippen LogP contribution < -0.4 is 0 Å². The molecule has 2 aromatic carbocycles. The maximum atomic E-state index is 13.0. The zero-order valence-electron chi connectivity index (χ0n) is 13.4. The number of hydrogen-bond acceptors (Lipinski definition) is 4. The molecule has 0 unspecified atom stereocenters. The van der Waals surface area contributed by atoms with Crippen LogP contribution in [0, 0.1) is 5.82 Å². The molecular formula is C19H16FN3OS. The van der Waals surface area contributed by atoms with Crippen LogP contribution in [0.1, 0.15) is 34.9 Å². The van der Waals surface area contributed by atoms with Crippen molar-refractivity contribution in [3.05, 3.63) is 71.8 Å². The van der Waals surface area contributed by atoms with E-state index in [2.05, 4.69) is 10.2 Å². The fourth-order valence-corrected chi connectivity index (χ4v) is 3.50. The molecule has 1 saturated carbocycles. The lowest BCUT2D eigenvalue weighted by molar-refractivity contribution is 0.102. The summed E-state index contributed by atoms with van der Waals surface area (Å²) in [5.74, 6) is 1.25. The van der Waals surface area contributed by atoms with Crippen LogP contribution >= 0.6 is 11.8 Å². The highest BCUT2D eigenvalue weighted by molar-refractivity contribution is 7.99. The Labute approximate surface area is 149 Å². The lowest BCUT2D eigenvalue weighted by atomic mass is 10.1.